The molecule has 96 valence electrons. The lowest BCUT2D eigenvalue weighted by Gasteiger charge is -2.09. The lowest BCUT2D eigenvalue weighted by atomic mass is 9.98. The molecule has 0 saturated heterocycles. The average Bonchev–Trinajstić information content (AvgIpc) is 2.83. The third-order valence-corrected chi connectivity index (χ3v) is 3.06. The van der Waals surface area contributed by atoms with Crippen molar-refractivity contribution < 1.29 is 8.78 Å². The minimum absolute atomic E-state index is 0.0201. The van der Waals surface area contributed by atoms with Gasteiger partial charge in [-0.25, -0.2) is 8.78 Å². The molecule has 3 aromatic rings. The Morgan fingerprint density at radius 3 is 2.68 bits per heavy atom. The van der Waals surface area contributed by atoms with E-state index in [1.165, 1.54) is 6.07 Å². The predicted molar refractivity (Wildman–Crippen MR) is 68.9 cm³/mol. The summed E-state index contributed by atoms with van der Waals surface area (Å²) in [4.78, 5) is 4.02. The summed E-state index contributed by atoms with van der Waals surface area (Å²) in [6.45, 7) is 0. The highest BCUT2D eigenvalue weighted by atomic mass is 19.3. The van der Waals surface area contributed by atoms with Gasteiger partial charge in [0, 0.05) is 42.2 Å². The summed E-state index contributed by atoms with van der Waals surface area (Å²) in [5, 5.41) is 5.63. The molecule has 0 fully saturated rings. The molecular weight excluding hydrogens is 248 g/mol. The highest BCUT2D eigenvalue weighted by molar-refractivity contribution is 5.88. The summed E-state index contributed by atoms with van der Waals surface area (Å²) >= 11 is 0. The van der Waals surface area contributed by atoms with Crippen LogP contribution in [0, 0.1) is 0 Å². The third kappa shape index (κ3) is 2.07. The van der Waals surface area contributed by atoms with Crippen LogP contribution in [-0.2, 0) is 7.05 Å². The van der Waals surface area contributed by atoms with Crippen molar-refractivity contribution in [3.05, 3.63) is 48.5 Å². The zero-order chi connectivity index (χ0) is 13.4. The summed E-state index contributed by atoms with van der Waals surface area (Å²) < 4.78 is 28.0. The molecule has 0 radical (unpaired) electrons. The maximum absolute atomic E-state index is 13.2. The first-order chi connectivity index (χ1) is 9.15. The minimum Gasteiger partial charge on any atom is -0.275 e. The second-order valence-corrected chi connectivity index (χ2v) is 4.37. The summed E-state index contributed by atoms with van der Waals surface area (Å²) in [7, 11) is 1.76. The number of alkyl halides is 2. The quantitative estimate of drug-likeness (QED) is 0.704. The predicted octanol–water partition coefficient (Wildman–Crippen LogP) is 3.57. The summed E-state index contributed by atoms with van der Waals surface area (Å²) in [6.07, 6.45) is 4.06. The molecular formula is C14H11F2N3. The van der Waals surface area contributed by atoms with Crippen LogP contribution in [0.4, 0.5) is 8.78 Å². The third-order valence-electron chi connectivity index (χ3n) is 3.06. The average molecular weight is 259 g/mol. The lowest BCUT2D eigenvalue weighted by Crippen LogP contribution is -1.91. The second-order valence-electron chi connectivity index (χ2n) is 4.37. The molecule has 0 bridgehead atoms. The lowest BCUT2D eigenvalue weighted by molar-refractivity contribution is 0.152. The van der Waals surface area contributed by atoms with E-state index in [2.05, 4.69) is 10.1 Å². The molecule has 5 heteroatoms. The van der Waals surface area contributed by atoms with Gasteiger partial charge in [-0.15, -0.1) is 0 Å². The van der Waals surface area contributed by atoms with E-state index in [4.69, 9.17) is 0 Å². The molecule has 2 aromatic heterocycles. The summed E-state index contributed by atoms with van der Waals surface area (Å²) in [5.74, 6) is 0. The number of rotatable bonds is 2. The monoisotopic (exact) mass is 259 g/mol. The molecule has 0 amide bonds. The van der Waals surface area contributed by atoms with Gasteiger partial charge in [-0.3, -0.25) is 9.67 Å². The Bertz CT molecular complexity index is 734. The molecule has 0 N–H and O–H groups in total. The van der Waals surface area contributed by atoms with Crippen LogP contribution >= 0.6 is 0 Å². The second kappa shape index (κ2) is 4.42. The van der Waals surface area contributed by atoms with Gasteiger partial charge in [0.15, 0.2) is 0 Å². The number of aromatic nitrogens is 3. The van der Waals surface area contributed by atoms with Gasteiger partial charge in [0.1, 0.15) is 0 Å². The first kappa shape index (κ1) is 11.8. The van der Waals surface area contributed by atoms with E-state index in [1.54, 1.807) is 48.6 Å². The smallest absolute Gasteiger partial charge is 0.264 e. The standard InChI is InChI=1S/C14H11F2N3/c1-19-8-11(7-18-19)12-5-10-6-17-3-2-9(10)4-13(12)14(15)16/h2-8,14H,1H3. The van der Waals surface area contributed by atoms with Gasteiger partial charge in [0.05, 0.1) is 6.20 Å². The van der Waals surface area contributed by atoms with E-state index >= 15 is 0 Å². The normalized spacial score (nSPS) is 11.4. The van der Waals surface area contributed by atoms with Crippen LogP contribution in [0.3, 0.4) is 0 Å². The van der Waals surface area contributed by atoms with Crippen LogP contribution in [-0.4, -0.2) is 14.8 Å². The van der Waals surface area contributed by atoms with Crippen molar-refractivity contribution in [1.82, 2.24) is 14.8 Å². The number of halogens is 2. The molecule has 0 spiro atoms. The molecule has 3 rings (SSSR count). The van der Waals surface area contributed by atoms with E-state index in [9.17, 15) is 8.78 Å². The number of hydrogen-bond acceptors (Lipinski definition) is 2. The van der Waals surface area contributed by atoms with Crippen LogP contribution < -0.4 is 0 Å². The SMILES string of the molecule is Cn1cc(-c2cc3cnccc3cc2C(F)F)cn1. The van der Waals surface area contributed by atoms with Crippen LogP contribution in [0.1, 0.15) is 12.0 Å². The van der Waals surface area contributed by atoms with Gasteiger partial charge >= 0.3 is 0 Å². The van der Waals surface area contributed by atoms with Gasteiger partial charge in [0.2, 0.25) is 0 Å². The molecule has 0 aliphatic heterocycles. The summed E-state index contributed by atoms with van der Waals surface area (Å²) in [6, 6.07) is 4.99. The van der Waals surface area contributed by atoms with Gasteiger partial charge in [-0.2, -0.15) is 5.10 Å². The van der Waals surface area contributed by atoms with E-state index in [-0.39, 0.29) is 5.56 Å². The maximum atomic E-state index is 13.2. The van der Waals surface area contributed by atoms with Crippen molar-refractivity contribution in [2.45, 2.75) is 6.43 Å². The fourth-order valence-electron chi connectivity index (χ4n) is 2.14. The molecule has 2 heterocycles. The van der Waals surface area contributed by atoms with Crippen molar-refractivity contribution in [2.24, 2.45) is 7.05 Å². The molecule has 1 aromatic carbocycles. The van der Waals surface area contributed by atoms with Gasteiger partial charge in [-0.1, -0.05) is 0 Å². The topological polar surface area (TPSA) is 30.7 Å². The van der Waals surface area contributed by atoms with Gasteiger partial charge in [-0.05, 0) is 29.1 Å². The van der Waals surface area contributed by atoms with Crippen molar-refractivity contribution in [2.75, 3.05) is 0 Å². The van der Waals surface area contributed by atoms with E-state index < -0.39 is 6.43 Å². The number of benzene rings is 1. The summed E-state index contributed by atoms with van der Waals surface area (Å²) in [5.41, 5.74) is 1.21. The first-order valence-corrected chi connectivity index (χ1v) is 5.80. The van der Waals surface area contributed by atoms with Crippen LogP contribution in [0.5, 0.6) is 0 Å². The highest BCUT2D eigenvalue weighted by Crippen LogP contribution is 2.34. The minimum atomic E-state index is -2.52. The number of aryl methyl sites for hydroxylation is 1. The Morgan fingerprint density at radius 2 is 2.00 bits per heavy atom. The number of pyridine rings is 1. The Morgan fingerprint density at radius 1 is 1.16 bits per heavy atom. The molecule has 0 saturated carbocycles. The van der Waals surface area contributed by atoms with E-state index in [1.807, 2.05) is 0 Å². The molecule has 0 aliphatic carbocycles. The Kier molecular flexibility index (Phi) is 2.74. The Labute approximate surface area is 108 Å². The zero-order valence-corrected chi connectivity index (χ0v) is 10.2. The Balaban J connectivity index is 2.29. The molecule has 0 unspecified atom stereocenters. The fraction of sp³-hybridized carbons (Fsp3) is 0.143. The largest absolute Gasteiger partial charge is 0.275 e. The molecule has 19 heavy (non-hydrogen) atoms. The van der Waals surface area contributed by atoms with Gasteiger partial charge in [0.25, 0.3) is 6.43 Å². The molecule has 3 nitrogen and oxygen atoms in total. The van der Waals surface area contributed by atoms with Crippen molar-refractivity contribution in [3.63, 3.8) is 0 Å². The molecule has 0 aliphatic rings. The van der Waals surface area contributed by atoms with Crippen molar-refractivity contribution in [1.29, 1.82) is 0 Å². The van der Waals surface area contributed by atoms with E-state index in [0.717, 1.165) is 10.8 Å². The van der Waals surface area contributed by atoms with Crippen molar-refractivity contribution in [3.8, 4) is 11.1 Å². The Hall–Kier alpha value is -2.30. The number of fused-ring (bicyclic) bond motifs is 1. The van der Waals surface area contributed by atoms with Crippen LogP contribution in [0.15, 0.2) is 43.0 Å². The zero-order valence-electron chi connectivity index (χ0n) is 10.2. The number of nitrogens with zero attached hydrogens (tertiary/aromatic N) is 3. The van der Waals surface area contributed by atoms with E-state index in [0.29, 0.717) is 11.1 Å². The van der Waals surface area contributed by atoms with Crippen molar-refractivity contribution >= 4 is 10.8 Å². The fourth-order valence-corrected chi connectivity index (χ4v) is 2.14. The van der Waals surface area contributed by atoms with Gasteiger partial charge < -0.3 is 0 Å². The highest BCUT2D eigenvalue weighted by Gasteiger charge is 2.16. The molecule has 0 atom stereocenters. The first-order valence-electron chi connectivity index (χ1n) is 5.80. The maximum Gasteiger partial charge on any atom is 0.264 e. The van der Waals surface area contributed by atoms with Crippen LogP contribution in [0.2, 0.25) is 0 Å². The number of hydrogen-bond donors (Lipinski definition) is 0. The van der Waals surface area contributed by atoms with Crippen LogP contribution in [0.25, 0.3) is 21.9 Å².